The van der Waals surface area contributed by atoms with Gasteiger partial charge in [-0.15, -0.1) is 0 Å². The summed E-state index contributed by atoms with van der Waals surface area (Å²) >= 11 is 2.33. The molecule has 2 nitrogen and oxygen atoms in total. The normalized spacial score (nSPS) is 10.7. The Morgan fingerprint density at radius 1 is 1.05 bits per heavy atom. The number of aryl methyl sites for hydroxylation is 1. The molecule has 1 heterocycles. The highest BCUT2D eigenvalue weighted by Crippen LogP contribution is 2.17. The molecule has 3 rings (SSSR count). The maximum absolute atomic E-state index is 4.53. The molecule has 0 atom stereocenters. The molecule has 1 N–H and O–H groups in total. The van der Waals surface area contributed by atoms with Crippen molar-refractivity contribution in [3.8, 4) is 0 Å². The van der Waals surface area contributed by atoms with E-state index in [0.717, 1.165) is 23.4 Å². The minimum absolute atomic E-state index is 0.823. The fourth-order valence-corrected chi connectivity index (χ4v) is 2.73. The zero-order valence-electron chi connectivity index (χ0n) is 11.2. The van der Waals surface area contributed by atoms with Gasteiger partial charge in [-0.1, -0.05) is 18.2 Å². The third-order valence-electron chi connectivity index (χ3n) is 3.21. The Hall–Kier alpha value is -1.62. The number of pyridine rings is 1. The Morgan fingerprint density at radius 2 is 1.95 bits per heavy atom. The van der Waals surface area contributed by atoms with E-state index in [0.29, 0.717) is 0 Å². The van der Waals surface area contributed by atoms with E-state index in [1.165, 1.54) is 14.5 Å². The van der Waals surface area contributed by atoms with E-state index in [1.807, 2.05) is 6.92 Å². The van der Waals surface area contributed by atoms with Crippen LogP contribution in [0.15, 0.2) is 54.6 Å². The Balaban J connectivity index is 1.79. The maximum Gasteiger partial charge on any atom is 0.0705 e. The Morgan fingerprint density at radius 3 is 2.80 bits per heavy atom. The quantitative estimate of drug-likeness (QED) is 0.669. The standard InChI is InChI=1S/C17H15IN2/c1-12-5-7-14-9-13(6-8-17(14)20-12)11-19-16-4-2-3-15(18)10-16/h2-10,19H,11H2,1H3. The van der Waals surface area contributed by atoms with E-state index in [4.69, 9.17) is 0 Å². The van der Waals surface area contributed by atoms with Gasteiger partial charge in [0, 0.05) is 26.9 Å². The molecule has 0 saturated carbocycles. The van der Waals surface area contributed by atoms with Gasteiger partial charge in [0.2, 0.25) is 0 Å². The van der Waals surface area contributed by atoms with Gasteiger partial charge in [-0.2, -0.15) is 0 Å². The molecule has 1 aromatic heterocycles. The summed E-state index contributed by atoms with van der Waals surface area (Å²) in [6.07, 6.45) is 0. The maximum atomic E-state index is 4.53. The molecule has 0 amide bonds. The van der Waals surface area contributed by atoms with Gasteiger partial charge in [0.1, 0.15) is 0 Å². The number of hydrogen-bond donors (Lipinski definition) is 1. The lowest BCUT2D eigenvalue weighted by atomic mass is 10.1. The van der Waals surface area contributed by atoms with Gasteiger partial charge in [-0.25, -0.2) is 0 Å². The number of halogens is 1. The van der Waals surface area contributed by atoms with Crippen molar-refractivity contribution < 1.29 is 0 Å². The number of aromatic nitrogens is 1. The average Bonchev–Trinajstić information content (AvgIpc) is 2.45. The van der Waals surface area contributed by atoms with Crippen molar-refractivity contribution in [1.82, 2.24) is 4.98 Å². The number of anilines is 1. The predicted molar refractivity (Wildman–Crippen MR) is 93.0 cm³/mol. The number of nitrogens with one attached hydrogen (secondary N) is 1. The molecule has 0 unspecified atom stereocenters. The van der Waals surface area contributed by atoms with E-state index in [1.54, 1.807) is 0 Å². The van der Waals surface area contributed by atoms with Crippen LogP contribution in [-0.4, -0.2) is 4.98 Å². The molecule has 0 aliphatic rings. The number of hydrogen-bond acceptors (Lipinski definition) is 2. The van der Waals surface area contributed by atoms with E-state index in [9.17, 15) is 0 Å². The van der Waals surface area contributed by atoms with Crippen LogP contribution in [0.4, 0.5) is 5.69 Å². The van der Waals surface area contributed by atoms with Crippen molar-refractivity contribution in [3.05, 3.63) is 69.4 Å². The van der Waals surface area contributed by atoms with Crippen LogP contribution in [0.5, 0.6) is 0 Å². The first kappa shape index (κ1) is 13.4. The highest BCUT2D eigenvalue weighted by Gasteiger charge is 1.99. The summed E-state index contributed by atoms with van der Waals surface area (Å²) in [5.41, 5.74) is 4.53. The second-order valence-corrected chi connectivity index (χ2v) is 6.09. The second-order valence-electron chi connectivity index (χ2n) is 4.84. The zero-order valence-corrected chi connectivity index (χ0v) is 13.4. The molecule has 3 heteroatoms. The molecule has 2 aromatic carbocycles. The number of rotatable bonds is 3. The van der Waals surface area contributed by atoms with E-state index in [-0.39, 0.29) is 0 Å². The smallest absolute Gasteiger partial charge is 0.0705 e. The van der Waals surface area contributed by atoms with Crippen LogP contribution >= 0.6 is 22.6 Å². The lowest BCUT2D eigenvalue weighted by Gasteiger charge is -2.08. The molecule has 20 heavy (non-hydrogen) atoms. The summed E-state index contributed by atoms with van der Waals surface area (Å²) < 4.78 is 1.24. The summed E-state index contributed by atoms with van der Waals surface area (Å²) in [5.74, 6) is 0. The lowest BCUT2D eigenvalue weighted by molar-refractivity contribution is 1.15. The summed E-state index contributed by atoms with van der Waals surface area (Å²) in [7, 11) is 0. The number of benzene rings is 2. The van der Waals surface area contributed by atoms with E-state index >= 15 is 0 Å². The van der Waals surface area contributed by atoms with Crippen molar-refractivity contribution in [1.29, 1.82) is 0 Å². The number of fused-ring (bicyclic) bond motifs is 1. The summed E-state index contributed by atoms with van der Waals surface area (Å²) in [5, 5.41) is 4.64. The topological polar surface area (TPSA) is 24.9 Å². The van der Waals surface area contributed by atoms with Crippen LogP contribution in [0.1, 0.15) is 11.3 Å². The highest BCUT2D eigenvalue weighted by atomic mass is 127. The first-order valence-electron chi connectivity index (χ1n) is 6.56. The van der Waals surface area contributed by atoms with Crippen LogP contribution in [0.2, 0.25) is 0 Å². The largest absolute Gasteiger partial charge is 0.381 e. The van der Waals surface area contributed by atoms with Crippen LogP contribution in [0.25, 0.3) is 10.9 Å². The van der Waals surface area contributed by atoms with Crippen molar-refractivity contribution in [2.24, 2.45) is 0 Å². The minimum atomic E-state index is 0.823. The minimum Gasteiger partial charge on any atom is -0.381 e. The van der Waals surface area contributed by atoms with Gasteiger partial charge in [0.25, 0.3) is 0 Å². The van der Waals surface area contributed by atoms with Gasteiger partial charge in [-0.3, -0.25) is 4.98 Å². The first-order chi connectivity index (χ1) is 9.70. The molecule has 0 bridgehead atoms. The van der Waals surface area contributed by atoms with Gasteiger partial charge >= 0.3 is 0 Å². The van der Waals surface area contributed by atoms with Crippen LogP contribution in [-0.2, 0) is 6.54 Å². The fourth-order valence-electron chi connectivity index (χ4n) is 2.19. The zero-order chi connectivity index (χ0) is 13.9. The third-order valence-corrected chi connectivity index (χ3v) is 3.89. The molecule has 3 aromatic rings. The molecule has 0 fully saturated rings. The van der Waals surface area contributed by atoms with Crippen molar-refractivity contribution >= 4 is 39.2 Å². The monoisotopic (exact) mass is 374 g/mol. The fraction of sp³-hybridized carbons (Fsp3) is 0.118. The Kier molecular flexibility index (Phi) is 3.87. The highest BCUT2D eigenvalue weighted by molar-refractivity contribution is 14.1. The van der Waals surface area contributed by atoms with Gasteiger partial charge < -0.3 is 5.32 Å². The predicted octanol–water partition coefficient (Wildman–Crippen LogP) is 4.76. The van der Waals surface area contributed by atoms with Gasteiger partial charge in [-0.05, 0) is 71.5 Å². The molecule has 100 valence electrons. The third kappa shape index (κ3) is 3.10. The van der Waals surface area contributed by atoms with E-state index < -0.39 is 0 Å². The van der Waals surface area contributed by atoms with Crippen LogP contribution < -0.4 is 5.32 Å². The van der Waals surface area contributed by atoms with Crippen LogP contribution in [0.3, 0.4) is 0 Å². The van der Waals surface area contributed by atoms with Gasteiger partial charge in [0.05, 0.1) is 5.52 Å². The molecule has 0 spiro atoms. The van der Waals surface area contributed by atoms with Crippen LogP contribution in [0, 0.1) is 10.5 Å². The first-order valence-corrected chi connectivity index (χ1v) is 7.64. The number of nitrogens with zero attached hydrogens (tertiary/aromatic N) is 1. The molecule has 0 aliphatic heterocycles. The Labute approximate surface area is 132 Å². The molecular weight excluding hydrogens is 359 g/mol. The van der Waals surface area contributed by atoms with E-state index in [2.05, 4.69) is 87.5 Å². The summed E-state index contributed by atoms with van der Waals surface area (Å²) in [6, 6.07) is 19.0. The second kappa shape index (κ2) is 5.79. The van der Waals surface area contributed by atoms with Crippen molar-refractivity contribution in [2.75, 3.05) is 5.32 Å². The molecule has 0 radical (unpaired) electrons. The average molecular weight is 374 g/mol. The SMILES string of the molecule is Cc1ccc2cc(CNc3cccc(I)c3)ccc2n1. The summed E-state index contributed by atoms with van der Waals surface area (Å²) in [4.78, 5) is 4.53. The molecular formula is C17H15IN2. The molecule has 0 saturated heterocycles. The van der Waals surface area contributed by atoms with Crippen molar-refractivity contribution in [2.45, 2.75) is 13.5 Å². The lowest BCUT2D eigenvalue weighted by Crippen LogP contribution is -1.99. The van der Waals surface area contributed by atoms with Crippen molar-refractivity contribution in [3.63, 3.8) is 0 Å². The summed E-state index contributed by atoms with van der Waals surface area (Å²) in [6.45, 7) is 2.84. The Bertz CT molecular complexity index is 753. The van der Waals surface area contributed by atoms with Gasteiger partial charge in [0.15, 0.2) is 0 Å². The molecule has 0 aliphatic carbocycles.